The van der Waals surface area contributed by atoms with E-state index in [1.807, 2.05) is 37.3 Å². The van der Waals surface area contributed by atoms with Gasteiger partial charge in [0.2, 0.25) is 5.16 Å². The lowest BCUT2D eigenvalue weighted by Crippen LogP contribution is -1.98. The number of thioether (sulfide) groups is 1. The molecular weight excluding hydrogens is 480 g/mol. The Balaban J connectivity index is 1.79. The SMILES string of the molecule is COc1ccc(Br)cc1/C=N\n1c(C)nnc1SCc1ccc(Br)cc1. The number of aryl methyl sites for hydroxylation is 1. The Bertz CT molecular complexity index is 925. The van der Waals surface area contributed by atoms with Gasteiger partial charge in [-0.3, -0.25) is 0 Å². The summed E-state index contributed by atoms with van der Waals surface area (Å²) in [6.45, 7) is 1.88. The molecule has 0 saturated carbocycles. The van der Waals surface area contributed by atoms with Crippen LogP contribution in [0.1, 0.15) is 17.0 Å². The van der Waals surface area contributed by atoms with Crippen molar-refractivity contribution in [3.05, 3.63) is 68.4 Å². The minimum Gasteiger partial charge on any atom is -0.496 e. The Morgan fingerprint density at radius 2 is 1.85 bits per heavy atom. The summed E-state index contributed by atoms with van der Waals surface area (Å²) in [4.78, 5) is 0. The van der Waals surface area contributed by atoms with Crippen LogP contribution >= 0.6 is 43.6 Å². The molecule has 0 spiro atoms. The molecular formula is C18H16Br2N4OS. The fraction of sp³-hybridized carbons (Fsp3) is 0.167. The maximum absolute atomic E-state index is 5.38. The van der Waals surface area contributed by atoms with Gasteiger partial charge in [0.05, 0.1) is 13.3 Å². The number of ether oxygens (including phenoxy) is 1. The molecule has 0 aliphatic rings. The monoisotopic (exact) mass is 494 g/mol. The van der Waals surface area contributed by atoms with Gasteiger partial charge in [-0.25, -0.2) is 0 Å². The first-order valence-corrected chi connectivity index (χ1v) is 10.3. The largest absolute Gasteiger partial charge is 0.496 e. The van der Waals surface area contributed by atoms with E-state index in [9.17, 15) is 0 Å². The summed E-state index contributed by atoms with van der Waals surface area (Å²) in [5.74, 6) is 2.28. The van der Waals surface area contributed by atoms with Gasteiger partial charge in [-0.15, -0.1) is 10.2 Å². The van der Waals surface area contributed by atoms with Crippen LogP contribution in [0, 0.1) is 6.92 Å². The quantitative estimate of drug-likeness (QED) is 0.344. The van der Waals surface area contributed by atoms with E-state index < -0.39 is 0 Å². The molecule has 3 aromatic rings. The molecule has 2 aromatic carbocycles. The topological polar surface area (TPSA) is 52.3 Å². The number of halogens is 2. The molecule has 8 heteroatoms. The molecule has 3 rings (SSSR count). The molecule has 0 atom stereocenters. The van der Waals surface area contributed by atoms with E-state index in [2.05, 4.69) is 59.3 Å². The van der Waals surface area contributed by atoms with Crippen LogP contribution in [0.5, 0.6) is 5.75 Å². The van der Waals surface area contributed by atoms with Gasteiger partial charge in [-0.05, 0) is 42.8 Å². The lowest BCUT2D eigenvalue weighted by atomic mass is 10.2. The van der Waals surface area contributed by atoms with E-state index in [0.717, 1.165) is 37.0 Å². The zero-order chi connectivity index (χ0) is 18.5. The molecule has 134 valence electrons. The normalized spacial score (nSPS) is 11.2. The Hall–Kier alpha value is -1.64. The van der Waals surface area contributed by atoms with Crippen LogP contribution in [0.25, 0.3) is 0 Å². The van der Waals surface area contributed by atoms with Crippen LogP contribution in [0.2, 0.25) is 0 Å². The van der Waals surface area contributed by atoms with Crippen molar-refractivity contribution < 1.29 is 4.74 Å². The first-order chi connectivity index (χ1) is 12.6. The maximum atomic E-state index is 5.38. The fourth-order valence-electron chi connectivity index (χ4n) is 2.22. The third kappa shape index (κ3) is 4.75. The molecule has 26 heavy (non-hydrogen) atoms. The van der Waals surface area contributed by atoms with E-state index in [-0.39, 0.29) is 0 Å². The molecule has 0 aliphatic carbocycles. The summed E-state index contributed by atoms with van der Waals surface area (Å²) in [5.41, 5.74) is 2.09. The number of methoxy groups -OCH3 is 1. The Morgan fingerprint density at radius 3 is 2.58 bits per heavy atom. The van der Waals surface area contributed by atoms with Crippen LogP contribution in [0.4, 0.5) is 0 Å². The van der Waals surface area contributed by atoms with E-state index in [4.69, 9.17) is 4.74 Å². The molecule has 0 aliphatic heterocycles. The van der Waals surface area contributed by atoms with E-state index >= 15 is 0 Å². The fourth-order valence-corrected chi connectivity index (χ4v) is 3.75. The van der Waals surface area contributed by atoms with Crippen LogP contribution in [-0.4, -0.2) is 28.2 Å². The Kier molecular flexibility index (Phi) is 6.50. The lowest BCUT2D eigenvalue weighted by molar-refractivity contribution is 0.414. The average molecular weight is 496 g/mol. The maximum Gasteiger partial charge on any atom is 0.212 e. The average Bonchev–Trinajstić information content (AvgIpc) is 2.99. The van der Waals surface area contributed by atoms with Gasteiger partial charge in [-0.2, -0.15) is 9.78 Å². The predicted molar refractivity (Wildman–Crippen MR) is 112 cm³/mol. The highest BCUT2D eigenvalue weighted by Crippen LogP contribution is 2.24. The molecule has 0 bridgehead atoms. The van der Waals surface area contributed by atoms with Crippen molar-refractivity contribution in [2.45, 2.75) is 17.8 Å². The number of hydrogen-bond donors (Lipinski definition) is 0. The number of benzene rings is 2. The summed E-state index contributed by atoms with van der Waals surface area (Å²) in [6, 6.07) is 14.0. The van der Waals surface area contributed by atoms with Gasteiger partial charge in [0.15, 0.2) is 5.82 Å². The van der Waals surface area contributed by atoms with Gasteiger partial charge in [-0.1, -0.05) is 55.8 Å². The summed E-state index contributed by atoms with van der Waals surface area (Å²) >= 11 is 8.52. The summed E-state index contributed by atoms with van der Waals surface area (Å²) < 4.78 is 9.15. The highest BCUT2D eigenvalue weighted by molar-refractivity contribution is 9.10. The number of aromatic nitrogens is 3. The first-order valence-electron chi connectivity index (χ1n) is 7.74. The number of hydrogen-bond acceptors (Lipinski definition) is 5. The second kappa shape index (κ2) is 8.83. The van der Waals surface area contributed by atoms with Crippen molar-refractivity contribution in [1.82, 2.24) is 14.9 Å². The Labute approximate surface area is 173 Å². The smallest absolute Gasteiger partial charge is 0.212 e. The molecule has 1 aromatic heterocycles. The predicted octanol–water partition coefficient (Wildman–Crippen LogP) is 5.29. The van der Waals surface area contributed by atoms with Crippen molar-refractivity contribution in [2.24, 2.45) is 5.10 Å². The highest BCUT2D eigenvalue weighted by Gasteiger charge is 2.09. The zero-order valence-corrected chi connectivity index (χ0v) is 18.2. The molecule has 1 heterocycles. The summed E-state index contributed by atoms with van der Waals surface area (Å²) in [5, 5.41) is 13.7. The Morgan fingerprint density at radius 1 is 1.12 bits per heavy atom. The number of nitrogens with zero attached hydrogens (tertiary/aromatic N) is 4. The first kappa shape index (κ1) is 19.1. The molecule has 0 unspecified atom stereocenters. The molecule has 0 N–H and O–H groups in total. The van der Waals surface area contributed by atoms with Crippen LogP contribution in [0.3, 0.4) is 0 Å². The van der Waals surface area contributed by atoms with Crippen molar-refractivity contribution in [3.63, 3.8) is 0 Å². The van der Waals surface area contributed by atoms with Gasteiger partial charge in [0.1, 0.15) is 5.75 Å². The second-order valence-electron chi connectivity index (χ2n) is 5.39. The molecule has 5 nitrogen and oxygen atoms in total. The second-order valence-corrected chi connectivity index (χ2v) is 8.16. The minimum atomic E-state index is 0.730. The van der Waals surface area contributed by atoms with Gasteiger partial charge >= 0.3 is 0 Å². The standard InChI is InChI=1S/C18H16Br2N4OS/c1-12-22-23-18(26-11-13-3-5-15(19)6-4-13)24(12)21-10-14-9-16(20)7-8-17(14)25-2/h3-10H,11H2,1-2H3/b21-10-. The van der Waals surface area contributed by atoms with Gasteiger partial charge in [0.25, 0.3) is 0 Å². The van der Waals surface area contributed by atoms with Crippen molar-refractivity contribution in [1.29, 1.82) is 0 Å². The van der Waals surface area contributed by atoms with E-state index in [1.54, 1.807) is 29.8 Å². The van der Waals surface area contributed by atoms with Crippen LogP contribution in [0.15, 0.2) is 61.7 Å². The van der Waals surface area contributed by atoms with E-state index in [1.165, 1.54) is 5.56 Å². The van der Waals surface area contributed by atoms with Crippen LogP contribution < -0.4 is 4.74 Å². The van der Waals surface area contributed by atoms with Crippen LogP contribution in [-0.2, 0) is 5.75 Å². The lowest BCUT2D eigenvalue weighted by Gasteiger charge is -2.06. The summed E-state index contributed by atoms with van der Waals surface area (Å²) in [7, 11) is 1.64. The van der Waals surface area contributed by atoms with Crippen molar-refractivity contribution >= 4 is 49.8 Å². The highest BCUT2D eigenvalue weighted by atomic mass is 79.9. The van der Waals surface area contributed by atoms with Crippen molar-refractivity contribution in [3.8, 4) is 5.75 Å². The third-order valence-corrected chi connectivity index (χ3v) is 5.57. The molecule has 0 radical (unpaired) electrons. The molecule has 0 saturated heterocycles. The van der Waals surface area contributed by atoms with Gasteiger partial charge in [0, 0.05) is 20.3 Å². The summed E-state index contributed by atoms with van der Waals surface area (Å²) in [6.07, 6.45) is 1.75. The van der Waals surface area contributed by atoms with E-state index in [0.29, 0.717) is 0 Å². The number of rotatable bonds is 6. The zero-order valence-electron chi connectivity index (χ0n) is 14.2. The molecule has 0 fully saturated rings. The van der Waals surface area contributed by atoms with Gasteiger partial charge < -0.3 is 4.74 Å². The minimum absolute atomic E-state index is 0.730. The van der Waals surface area contributed by atoms with Crippen molar-refractivity contribution in [2.75, 3.05) is 7.11 Å². The third-order valence-electron chi connectivity index (χ3n) is 3.55. The molecule has 0 amide bonds.